The molecule has 0 bridgehead atoms. The van der Waals surface area contributed by atoms with Crippen LogP contribution in [0.2, 0.25) is 10.2 Å². The van der Waals surface area contributed by atoms with Crippen molar-refractivity contribution in [2.24, 2.45) is 0 Å². The molecule has 0 spiro atoms. The Morgan fingerprint density at radius 2 is 1.69 bits per heavy atom. The van der Waals surface area contributed by atoms with Gasteiger partial charge in [-0.15, -0.1) is 0 Å². The molecule has 2 heterocycles. The molecule has 14 heteroatoms. The first-order valence-electron chi connectivity index (χ1n) is 13.8. The summed E-state index contributed by atoms with van der Waals surface area (Å²) in [4.78, 5) is 29.4. The monoisotopic (exact) mass is 686 g/mol. The maximum absolute atomic E-state index is 13.2. The summed E-state index contributed by atoms with van der Waals surface area (Å²) in [6.07, 6.45) is 0.0720. The Morgan fingerprint density at radius 1 is 1.04 bits per heavy atom. The van der Waals surface area contributed by atoms with E-state index in [1.54, 1.807) is 19.1 Å². The molecule has 0 aliphatic carbocycles. The third kappa shape index (κ3) is 7.29. The van der Waals surface area contributed by atoms with Crippen LogP contribution in [0, 0.1) is 13.8 Å². The molecule has 4 rings (SSSR count). The average Bonchev–Trinajstić information content (AvgIpc) is 2.96. The van der Waals surface area contributed by atoms with Gasteiger partial charge < -0.3 is 13.9 Å². The Kier molecular flexibility index (Phi) is 11.0. The van der Waals surface area contributed by atoms with Gasteiger partial charge in [0.25, 0.3) is 0 Å². The highest BCUT2D eigenvalue weighted by molar-refractivity contribution is 7.88. The van der Waals surface area contributed by atoms with Crippen molar-refractivity contribution in [1.82, 2.24) is 4.98 Å². The number of aromatic nitrogens is 1. The van der Waals surface area contributed by atoms with E-state index < -0.39 is 38.0 Å². The summed E-state index contributed by atoms with van der Waals surface area (Å²) >= 11 is 12.6. The molecule has 0 fully saturated rings. The van der Waals surface area contributed by atoms with Gasteiger partial charge in [0.15, 0.2) is 17.5 Å². The summed E-state index contributed by atoms with van der Waals surface area (Å²) in [6, 6.07) is 8.21. The third-order valence-corrected chi connectivity index (χ3v) is 8.23. The van der Waals surface area contributed by atoms with Crippen LogP contribution in [0.1, 0.15) is 79.4 Å². The summed E-state index contributed by atoms with van der Waals surface area (Å²) in [5, 5.41) is 3.32. The zero-order valence-electron chi connectivity index (χ0n) is 25.4. The lowest BCUT2D eigenvalue weighted by molar-refractivity contribution is -0.0500. The number of benzene rings is 2. The van der Waals surface area contributed by atoms with Gasteiger partial charge in [0.1, 0.15) is 16.5 Å². The standard InChI is InChI=1S/C29H25Cl2F3N2O6S.C2H6/c1-13(2)27-15(4)26(38)19-11-14(3)10-18(28(19)41-27)16(5)35-21-7-9-23(30)36-25(21)17-6-8-22(20(12-37)24(17)31)42-43(39,40)29(32,33)34;1-2/h6-13,16,35H,1-5H3;1-2H3. The van der Waals surface area contributed by atoms with Crippen molar-refractivity contribution in [3.8, 4) is 17.0 Å². The van der Waals surface area contributed by atoms with E-state index in [4.69, 9.17) is 27.6 Å². The van der Waals surface area contributed by atoms with E-state index in [0.717, 1.165) is 17.7 Å². The molecular weight excluding hydrogens is 656 g/mol. The Bertz CT molecular complexity index is 1930. The number of hydrogen-bond acceptors (Lipinski definition) is 8. The topological polar surface area (TPSA) is 116 Å². The van der Waals surface area contributed by atoms with Gasteiger partial charge in [-0.2, -0.15) is 21.6 Å². The highest BCUT2D eigenvalue weighted by Crippen LogP contribution is 2.41. The molecule has 1 unspecified atom stereocenters. The number of aldehydes is 1. The van der Waals surface area contributed by atoms with Crippen LogP contribution >= 0.6 is 23.2 Å². The summed E-state index contributed by atoms with van der Waals surface area (Å²) in [6.45, 7) is 13.2. The van der Waals surface area contributed by atoms with Crippen LogP contribution in [0.5, 0.6) is 5.75 Å². The minimum Gasteiger partial charge on any atom is -0.460 e. The quantitative estimate of drug-likeness (QED) is 0.0844. The van der Waals surface area contributed by atoms with E-state index in [9.17, 15) is 31.2 Å². The van der Waals surface area contributed by atoms with Gasteiger partial charge in [0.2, 0.25) is 0 Å². The number of alkyl halides is 3. The van der Waals surface area contributed by atoms with Crippen LogP contribution in [-0.2, 0) is 10.1 Å². The predicted molar refractivity (Wildman–Crippen MR) is 170 cm³/mol. The van der Waals surface area contributed by atoms with Crippen LogP contribution in [0.3, 0.4) is 0 Å². The van der Waals surface area contributed by atoms with Gasteiger partial charge in [-0.05, 0) is 56.7 Å². The second-order valence-corrected chi connectivity index (χ2v) is 12.4. The van der Waals surface area contributed by atoms with E-state index in [1.807, 2.05) is 47.6 Å². The number of halogens is 5. The summed E-state index contributed by atoms with van der Waals surface area (Å²) in [5.74, 6) is -0.399. The third-order valence-electron chi connectivity index (χ3n) is 6.65. The Morgan fingerprint density at radius 3 is 2.27 bits per heavy atom. The van der Waals surface area contributed by atoms with E-state index in [1.165, 1.54) is 6.07 Å². The number of aryl methyl sites for hydroxylation is 1. The fourth-order valence-electron chi connectivity index (χ4n) is 4.63. The van der Waals surface area contributed by atoms with Crippen molar-refractivity contribution >= 4 is 56.3 Å². The Balaban J connectivity index is 0.00000271. The summed E-state index contributed by atoms with van der Waals surface area (Å²) < 4.78 is 72.2. The molecule has 0 aliphatic rings. The molecule has 0 saturated carbocycles. The number of rotatable bonds is 8. The molecule has 242 valence electrons. The SMILES string of the molecule is CC.Cc1cc(C(C)Nc2ccc(Cl)nc2-c2ccc(OS(=O)(=O)C(F)(F)F)c(C=O)c2Cl)c2oc(C(C)C)c(C)c(=O)c2c1. The molecule has 8 nitrogen and oxygen atoms in total. The van der Waals surface area contributed by atoms with Gasteiger partial charge in [-0.25, -0.2) is 4.98 Å². The van der Waals surface area contributed by atoms with Gasteiger partial charge in [0.05, 0.1) is 33.4 Å². The molecule has 0 radical (unpaired) electrons. The number of carbonyl (C=O) groups excluding carboxylic acids is 1. The second kappa shape index (κ2) is 13.8. The van der Waals surface area contributed by atoms with Crippen molar-refractivity contribution in [3.05, 3.63) is 84.8 Å². The molecule has 0 saturated heterocycles. The minimum atomic E-state index is -6.07. The lowest BCUT2D eigenvalue weighted by Crippen LogP contribution is -2.28. The van der Waals surface area contributed by atoms with Crippen molar-refractivity contribution < 1.29 is 35.0 Å². The number of nitrogens with one attached hydrogen (secondary N) is 1. The molecule has 0 amide bonds. The number of pyridine rings is 1. The number of carbonyl (C=O) groups is 1. The highest BCUT2D eigenvalue weighted by atomic mass is 35.5. The largest absolute Gasteiger partial charge is 0.534 e. The normalized spacial score (nSPS) is 12.5. The first kappa shape index (κ1) is 35.9. The summed E-state index contributed by atoms with van der Waals surface area (Å²) in [5.41, 5.74) is -3.59. The zero-order chi connectivity index (χ0) is 34.0. The number of anilines is 1. The van der Waals surface area contributed by atoms with Crippen molar-refractivity contribution in [2.75, 3.05) is 5.32 Å². The first-order chi connectivity index (χ1) is 21.0. The predicted octanol–water partition coefficient (Wildman–Crippen LogP) is 9.14. The number of hydrogen-bond donors (Lipinski definition) is 1. The van der Waals surface area contributed by atoms with Crippen LogP contribution in [0.25, 0.3) is 22.2 Å². The minimum absolute atomic E-state index is 0.0287. The fourth-order valence-corrected chi connectivity index (χ4v) is 5.54. The molecule has 2 aromatic heterocycles. The van der Waals surface area contributed by atoms with Crippen LogP contribution in [-0.4, -0.2) is 25.2 Å². The van der Waals surface area contributed by atoms with E-state index >= 15 is 0 Å². The smallest absolute Gasteiger partial charge is 0.460 e. The Labute approximate surface area is 268 Å². The van der Waals surface area contributed by atoms with Crippen molar-refractivity contribution in [2.45, 2.75) is 65.9 Å². The van der Waals surface area contributed by atoms with Gasteiger partial charge in [0, 0.05) is 22.6 Å². The Hall–Kier alpha value is -3.61. The highest BCUT2D eigenvalue weighted by Gasteiger charge is 2.49. The van der Waals surface area contributed by atoms with Crippen LogP contribution < -0.4 is 14.9 Å². The van der Waals surface area contributed by atoms with E-state index in [-0.39, 0.29) is 34.0 Å². The molecule has 45 heavy (non-hydrogen) atoms. The lowest BCUT2D eigenvalue weighted by Gasteiger charge is -2.21. The number of nitrogens with zero attached hydrogens (tertiary/aromatic N) is 1. The maximum atomic E-state index is 13.2. The second-order valence-electron chi connectivity index (χ2n) is 10.1. The van der Waals surface area contributed by atoms with Crippen LogP contribution in [0.15, 0.2) is 45.6 Å². The van der Waals surface area contributed by atoms with E-state index in [0.29, 0.717) is 33.5 Å². The zero-order valence-corrected chi connectivity index (χ0v) is 27.7. The maximum Gasteiger partial charge on any atom is 0.534 e. The molecule has 1 atom stereocenters. The molecule has 0 aliphatic heterocycles. The molecule has 4 aromatic rings. The van der Waals surface area contributed by atoms with Crippen molar-refractivity contribution in [1.29, 1.82) is 0 Å². The molecule has 2 aromatic carbocycles. The van der Waals surface area contributed by atoms with Gasteiger partial charge >= 0.3 is 15.6 Å². The lowest BCUT2D eigenvalue weighted by atomic mass is 9.98. The molecular formula is C31H31Cl2F3N2O6S. The van der Waals surface area contributed by atoms with Gasteiger partial charge in [-0.1, -0.05) is 57.0 Å². The first-order valence-corrected chi connectivity index (χ1v) is 15.9. The average molecular weight is 688 g/mol. The van der Waals surface area contributed by atoms with Crippen LogP contribution in [0.4, 0.5) is 18.9 Å². The van der Waals surface area contributed by atoms with Gasteiger partial charge in [-0.3, -0.25) is 9.59 Å². The number of fused-ring (bicyclic) bond motifs is 1. The van der Waals surface area contributed by atoms with E-state index in [2.05, 4.69) is 14.5 Å². The fraction of sp³-hybridized carbons (Fsp3) is 0.323. The summed E-state index contributed by atoms with van der Waals surface area (Å²) in [7, 11) is -6.07. The van der Waals surface area contributed by atoms with Crippen molar-refractivity contribution in [3.63, 3.8) is 0 Å². The molecule has 1 N–H and O–H groups in total.